The fourth-order valence-corrected chi connectivity index (χ4v) is 3.00. The number of anilines is 2. The molecule has 0 saturated carbocycles. The smallest absolute Gasteiger partial charge is 0.255 e. The molecule has 6 nitrogen and oxygen atoms in total. The van der Waals surface area contributed by atoms with Crippen LogP contribution in [0.3, 0.4) is 0 Å². The van der Waals surface area contributed by atoms with Crippen LogP contribution in [0.4, 0.5) is 11.5 Å². The minimum Gasteiger partial charge on any atom is -0.383 e. The number of aryl methyl sites for hydroxylation is 1. The molecule has 2 N–H and O–H groups in total. The lowest BCUT2D eigenvalue weighted by molar-refractivity contribution is 0.0746. The van der Waals surface area contributed by atoms with Crippen LogP contribution in [0.15, 0.2) is 36.7 Å². The first-order valence-corrected chi connectivity index (χ1v) is 8.62. The van der Waals surface area contributed by atoms with E-state index in [1.807, 2.05) is 37.4 Å². The molecule has 0 spiro atoms. The average Bonchev–Trinajstić information content (AvgIpc) is 3.02. The Balaban J connectivity index is 0.00000261. The number of hydrogen-bond acceptors (Lipinski definition) is 4. The molecular formula is C19H22Cl2N4O2. The van der Waals surface area contributed by atoms with Gasteiger partial charge < -0.3 is 19.9 Å². The number of aromatic amines is 1. The first-order valence-electron chi connectivity index (χ1n) is 8.25. The summed E-state index contributed by atoms with van der Waals surface area (Å²) in [4.78, 5) is 22.1. The number of hydrogen-bond donors (Lipinski definition) is 2. The molecule has 0 saturated heterocycles. The fourth-order valence-electron chi connectivity index (χ4n) is 2.81. The van der Waals surface area contributed by atoms with Gasteiger partial charge in [-0.15, -0.1) is 12.4 Å². The zero-order chi connectivity index (χ0) is 18.7. The molecule has 8 heteroatoms. The van der Waals surface area contributed by atoms with E-state index in [0.717, 1.165) is 22.2 Å². The number of methoxy groups -OCH3 is 1. The minimum atomic E-state index is -0.0865. The summed E-state index contributed by atoms with van der Waals surface area (Å²) in [5.74, 6) is 0.558. The molecule has 2 aromatic heterocycles. The lowest BCUT2D eigenvalue weighted by atomic mass is 10.1. The molecule has 1 amide bonds. The first kappa shape index (κ1) is 21.0. The van der Waals surface area contributed by atoms with E-state index in [1.165, 1.54) is 0 Å². The number of pyridine rings is 1. The van der Waals surface area contributed by atoms with Gasteiger partial charge in [0.25, 0.3) is 5.91 Å². The Labute approximate surface area is 169 Å². The van der Waals surface area contributed by atoms with E-state index in [-0.39, 0.29) is 18.3 Å². The maximum absolute atomic E-state index is 12.8. The van der Waals surface area contributed by atoms with Crippen molar-refractivity contribution in [3.63, 3.8) is 0 Å². The highest BCUT2D eigenvalue weighted by Crippen LogP contribution is 2.30. The van der Waals surface area contributed by atoms with E-state index in [1.54, 1.807) is 25.3 Å². The summed E-state index contributed by atoms with van der Waals surface area (Å²) in [6.45, 7) is 2.97. The second-order valence-corrected chi connectivity index (χ2v) is 6.53. The number of carbonyl (C=O) groups excluding carboxylic acids is 1. The number of fused-ring (bicyclic) bond motifs is 1. The summed E-state index contributed by atoms with van der Waals surface area (Å²) in [5, 5.41) is 4.76. The highest BCUT2D eigenvalue weighted by molar-refractivity contribution is 6.30. The second kappa shape index (κ2) is 9.08. The van der Waals surface area contributed by atoms with Gasteiger partial charge in [0.1, 0.15) is 0 Å². The standard InChI is InChI=1S/C19H21ClN4O2.ClH/c1-12-10-21-17-16(12)15(19(25)24(2)7-8-26-3)11-22-18(17)23-14-6-4-5-13(20)9-14;/h4-6,9-11,21H,7-8H2,1-3H3,(H,22,23);1H. The van der Waals surface area contributed by atoms with E-state index in [0.29, 0.717) is 29.6 Å². The molecule has 0 bridgehead atoms. The van der Waals surface area contributed by atoms with Gasteiger partial charge in [-0.1, -0.05) is 17.7 Å². The zero-order valence-electron chi connectivity index (χ0n) is 15.4. The lowest BCUT2D eigenvalue weighted by Crippen LogP contribution is -2.30. The molecule has 2 heterocycles. The van der Waals surface area contributed by atoms with Gasteiger partial charge >= 0.3 is 0 Å². The molecule has 3 rings (SSSR count). The number of H-pyrrole nitrogens is 1. The van der Waals surface area contributed by atoms with Crippen molar-refractivity contribution in [2.75, 3.05) is 32.6 Å². The summed E-state index contributed by atoms with van der Waals surface area (Å²) in [5.41, 5.74) is 3.16. The van der Waals surface area contributed by atoms with Gasteiger partial charge in [0.15, 0.2) is 5.82 Å². The number of aromatic nitrogens is 2. The van der Waals surface area contributed by atoms with E-state index in [2.05, 4.69) is 15.3 Å². The molecule has 0 aliphatic rings. The monoisotopic (exact) mass is 408 g/mol. The molecule has 27 heavy (non-hydrogen) atoms. The summed E-state index contributed by atoms with van der Waals surface area (Å²) < 4.78 is 5.05. The fraction of sp³-hybridized carbons (Fsp3) is 0.263. The maximum Gasteiger partial charge on any atom is 0.255 e. The molecule has 1 aromatic carbocycles. The number of carbonyl (C=O) groups is 1. The van der Waals surface area contributed by atoms with E-state index < -0.39 is 0 Å². The molecular weight excluding hydrogens is 387 g/mol. The Kier molecular flexibility index (Phi) is 7.07. The Morgan fingerprint density at radius 3 is 2.89 bits per heavy atom. The molecule has 0 atom stereocenters. The van der Waals surface area contributed by atoms with Crippen molar-refractivity contribution in [1.82, 2.24) is 14.9 Å². The molecule has 0 radical (unpaired) electrons. The van der Waals surface area contributed by atoms with Crippen molar-refractivity contribution in [3.8, 4) is 0 Å². The highest BCUT2D eigenvalue weighted by Gasteiger charge is 2.19. The third-order valence-corrected chi connectivity index (χ3v) is 4.44. The van der Waals surface area contributed by atoms with Crippen LogP contribution in [0.1, 0.15) is 15.9 Å². The van der Waals surface area contributed by atoms with Crippen molar-refractivity contribution >= 4 is 52.3 Å². The predicted octanol–water partition coefficient (Wildman–Crippen LogP) is 4.41. The summed E-state index contributed by atoms with van der Waals surface area (Å²) in [6.07, 6.45) is 3.49. The van der Waals surface area contributed by atoms with Crippen LogP contribution in [0.5, 0.6) is 0 Å². The number of amides is 1. The Morgan fingerprint density at radius 1 is 1.41 bits per heavy atom. The van der Waals surface area contributed by atoms with Crippen molar-refractivity contribution in [1.29, 1.82) is 0 Å². The Bertz CT molecular complexity index is 943. The summed E-state index contributed by atoms with van der Waals surface area (Å²) >= 11 is 6.05. The molecule has 0 aliphatic heterocycles. The quantitative estimate of drug-likeness (QED) is 0.633. The van der Waals surface area contributed by atoms with Gasteiger partial charge in [0.05, 0.1) is 17.7 Å². The van der Waals surface area contributed by atoms with E-state index in [9.17, 15) is 4.79 Å². The van der Waals surface area contributed by atoms with Gasteiger partial charge in [-0.3, -0.25) is 4.79 Å². The van der Waals surface area contributed by atoms with Gasteiger partial charge in [0, 0.05) is 49.2 Å². The number of ether oxygens (including phenoxy) is 1. The van der Waals surface area contributed by atoms with Crippen LogP contribution in [-0.2, 0) is 4.74 Å². The summed E-state index contributed by atoms with van der Waals surface area (Å²) in [6, 6.07) is 7.41. The van der Waals surface area contributed by atoms with Crippen LogP contribution >= 0.6 is 24.0 Å². The van der Waals surface area contributed by atoms with Crippen molar-refractivity contribution in [2.45, 2.75) is 6.92 Å². The number of nitrogens with zero attached hydrogens (tertiary/aromatic N) is 2. The van der Waals surface area contributed by atoms with Crippen molar-refractivity contribution < 1.29 is 9.53 Å². The second-order valence-electron chi connectivity index (χ2n) is 6.10. The van der Waals surface area contributed by atoms with E-state index in [4.69, 9.17) is 16.3 Å². The van der Waals surface area contributed by atoms with Gasteiger partial charge in [-0.25, -0.2) is 4.98 Å². The zero-order valence-corrected chi connectivity index (χ0v) is 16.9. The molecule has 144 valence electrons. The highest BCUT2D eigenvalue weighted by atomic mass is 35.5. The third-order valence-electron chi connectivity index (χ3n) is 4.20. The normalized spacial score (nSPS) is 10.5. The number of likely N-dealkylation sites (N-methyl/N-ethyl adjacent to an activating group) is 1. The van der Waals surface area contributed by atoms with Crippen LogP contribution in [0, 0.1) is 6.92 Å². The van der Waals surface area contributed by atoms with Crippen LogP contribution in [-0.4, -0.2) is 48.1 Å². The van der Waals surface area contributed by atoms with Crippen LogP contribution in [0.2, 0.25) is 5.02 Å². The number of benzene rings is 1. The SMILES string of the molecule is COCCN(C)C(=O)c1cnc(Nc2cccc(Cl)c2)c2[nH]cc(C)c12.Cl. The van der Waals surface area contributed by atoms with E-state index >= 15 is 0 Å². The summed E-state index contributed by atoms with van der Waals surface area (Å²) in [7, 11) is 3.37. The lowest BCUT2D eigenvalue weighted by Gasteiger charge is -2.18. The predicted molar refractivity (Wildman–Crippen MR) is 112 cm³/mol. The molecule has 0 unspecified atom stereocenters. The van der Waals surface area contributed by atoms with Crippen molar-refractivity contribution in [3.05, 3.63) is 52.8 Å². The number of nitrogens with one attached hydrogen (secondary N) is 2. The average molecular weight is 409 g/mol. The van der Waals surface area contributed by atoms with Gasteiger partial charge in [-0.05, 0) is 30.7 Å². The topological polar surface area (TPSA) is 70.2 Å². The molecule has 3 aromatic rings. The van der Waals surface area contributed by atoms with Gasteiger partial charge in [-0.2, -0.15) is 0 Å². The van der Waals surface area contributed by atoms with Crippen LogP contribution in [0.25, 0.3) is 10.9 Å². The number of rotatable bonds is 6. The molecule has 0 aliphatic carbocycles. The minimum absolute atomic E-state index is 0. The van der Waals surface area contributed by atoms with Crippen molar-refractivity contribution in [2.24, 2.45) is 0 Å². The Hall–Kier alpha value is -2.28. The first-order chi connectivity index (χ1) is 12.5. The number of halogens is 2. The molecule has 0 fully saturated rings. The van der Waals surface area contributed by atoms with Gasteiger partial charge in [0.2, 0.25) is 0 Å². The van der Waals surface area contributed by atoms with Crippen LogP contribution < -0.4 is 5.32 Å². The maximum atomic E-state index is 12.8. The largest absolute Gasteiger partial charge is 0.383 e. The third kappa shape index (κ3) is 4.53. The Morgan fingerprint density at radius 2 is 2.19 bits per heavy atom.